The molecule has 5 rings (SSSR count). The van der Waals surface area contributed by atoms with Crippen molar-refractivity contribution in [3.05, 3.63) is 41.8 Å². The van der Waals surface area contributed by atoms with Gasteiger partial charge in [-0.25, -0.2) is 9.37 Å². The Kier molecular flexibility index (Phi) is 6.83. The highest BCUT2D eigenvalue weighted by atomic mass is 19.1. The Morgan fingerprint density at radius 3 is 2.66 bits per heavy atom. The third kappa shape index (κ3) is 5.38. The van der Waals surface area contributed by atoms with Crippen LogP contribution in [0.15, 0.2) is 30.5 Å². The number of likely N-dealkylation sites (tertiary alicyclic amines) is 1. The first-order chi connectivity index (χ1) is 17.0. The van der Waals surface area contributed by atoms with Crippen LogP contribution in [-0.4, -0.2) is 57.3 Å². The molecule has 0 bridgehead atoms. The largest absolute Gasteiger partial charge is 0.365 e. The van der Waals surface area contributed by atoms with Gasteiger partial charge in [-0.1, -0.05) is 12.8 Å². The van der Waals surface area contributed by atoms with Crippen molar-refractivity contribution < 1.29 is 9.18 Å². The molecule has 2 aromatic heterocycles. The highest BCUT2D eigenvalue weighted by Crippen LogP contribution is 2.28. The molecule has 1 aromatic carbocycles. The number of hydrogen-bond acceptors (Lipinski definition) is 7. The molecule has 186 valence electrons. The van der Waals surface area contributed by atoms with Gasteiger partial charge in [-0.3, -0.25) is 9.48 Å². The van der Waals surface area contributed by atoms with Crippen molar-refractivity contribution in [2.24, 2.45) is 11.5 Å². The first-order valence-electron chi connectivity index (χ1n) is 12.5. The normalized spacial score (nSPS) is 20.9. The predicted molar refractivity (Wildman–Crippen MR) is 135 cm³/mol. The van der Waals surface area contributed by atoms with Gasteiger partial charge in [0.15, 0.2) is 11.6 Å². The maximum absolute atomic E-state index is 14.8. The summed E-state index contributed by atoms with van der Waals surface area (Å²) in [4.78, 5) is 18.9. The van der Waals surface area contributed by atoms with Crippen LogP contribution >= 0.6 is 0 Å². The van der Waals surface area contributed by atoms with E-state index in [2.05, 4.69) is 20.5 Å². The topological polar surface area (TPSA) is 127 Å². The van der Waals surface area contributed by atoms with Gasteiger partial charge in [-0.15, -0.1) is 0 Å². The maximum Gasteiger partial charge on any atom is 0.252 e. The van der Waals surface area contributed by atoms with Crippen LogP contribution in [0.4, 0.5) is 21.7 Å². The summed E-state index contributed by atoms with van der Waals surface area (Å²) in [7, 11) is 0. The fourth-order valence-electron chi connectivity index (χ4n) is 5.03. The number of rotatable bonds is 8. The number of anilines is 3. The summed E-state index contributed by atoms with van der Waals surface area (Å²) in [5, 5.41) is 12.0. The van der Waals surface area contributed by atoms with Crippen LogP contribution in [0.3, 0.4) is 0 Å². The predicted octanol–water partition coefficient (Wildman–Crippen LogP) is 3.19. The highest BCUT2D eigenvalue weighted by molar-refractivity contribution is 5.99. The van der Waals surface area contributed by atoms with Gasteiger partial charge in [0.2, 0.25) is 0 Å². The average molecular weight is 481 g/mol. The van der Waals surface area contributed by atoms with Gasteiger partial charge in [-0.2, -0.15) is 5.10 Å². The second-order valence-electron chi connectivity index (χ2n) is 9.62. The summed E-state index contributed by atoms with van der Waals surface area (Å²) in [5.74, 6) is -1.13. The average Bonchev–Trinajstić information content (AvgIpc) is 3.50. The summed E-state index contributed by atoms with van der Waals surface area (Å²) in [6.45, 7) is 4.14. The summed E-state index contributed by atoms with van der Waals surface area (Å²) in [6, 6.07) is 6.72. The lowest BCUT2D eigenvalue weighted by atomic mass is 9.91. The summed E-state index contributed by atoms with van der Waals surface area (Å²) in [5.41, 5.74) is 13.2. The van der Waals surface area contributed by atoms with E-state index in [0.29, 0.717) is 5.69 Å². The van der Waals surface area contributed by atoms with Crippen molar-refractivity contribution >= 4 is 34.1 Å². The Morgan fingerprint density at radius 2 is 1.89 bits per heavy atom. The van der Waals surface area contributed by atoms with E-state index in [0.717, 1.165) is 68.8 Å². The number of hydrogen-bond donors (Lipinski definition) is 4. The summed E-state index contributed by atoms with van der Waals surface area (Å²) in [6.07, 6.45) is 8.40. The zero-order valence-corrected chi connectivity index (χ0v) is 19.8. The number of pyridine rings is 1. The molecule has 10 heteroatoms. The van der Waals surface area contributed by atoms with Crippen LogP contribution in [0.25, 0.3) is 10.9 Å². The van der Waals surface area contributed by atoms with Crippen LogP contribution in [0.2, 0.25) is 0 Å². The first-order valence-corrected chi connectivity index (χ1v) is 12.5. The van der Waals surface area contributed by atoms with Gasteiger partial charge in [0.1, 0.15) is 5.82 Å². The van der Waals surface area contributed by atoms with E-state index in [1.807, 2.05) is 29.1 Å². The number of primary amides is 1. The quantitative estimate of drug-likeness (QED) is 0.390. The molecule has 0 unspecified atom stereocenters. The van der Waals surface area contributed by atoms with Crippen molar-refractivity contribution in [1.29, 1.82) is 0 Å². The Hall–Kier alpha value is -3.24. The van der Waals surface area contributed by atoms with Crippen molar-refractivity contribution in [2.45, 2.75) is 57.2 Å². The van der Waals surface area contributed by atoms with Gasteiger partial charge in [0, 0.05) is 35.9 Å². The third-order valence-electron chi connectivity index (χ3n) is 7.04. The maximum atomic E-state index is 14.8. The number of amides is 1. The van der Waals surface area contributed by atoms with Gasteiger partial charge < -0.3 is 27.0 Å². The van der Waals surface area contributed by atoms with E-state index in [4.69, 9.17) is 16.6 Å². The molecule has 0 spiro atoms. The molecule has 1 aliphatic carbocycles. The lowest BCUT2D eigenvalue weighted by Crippen LogP contribution is -2.43. The zero-order valence-electron chi connectivity index (χ0n) is 19.8. The van der Waals surface area contributed by atoms with Gasteiger partial charge in [0.05, 0.1) is 17.6 Å². The number of nitrogens with zero attached hydrogens (tertiary/aromatic N) is 4. The number of aromatic nitrogens is 3. The Morgan fingerprint density at radius 1 is 1.09 bits per heavy atom. The molecule has 6 N–H and O–H groups in total. The second kappa shape index (κ2) is 10.2. The first kappa shape index (κ1) is 23.5. The zero-order chi connectivity index (χ0) is 24.4. The van der Waals surface area contributed by atoms with E-state index in [9.17, 15) is 9.18 Å². The second-order valence-corrected chi connectivity index (χ2v) is 9.62. The number of carbonyl (C=O) groups is 1. The minimum Gasteiger partial charge on any atom is -0.365 e. The fraction of sp³-hybridized carbons (Fsp3) is 0.480. The van der Waals surface area contributed by atoms with Gasteiger partial charge in [0.25, 0.3) is 5.91 Å². The number of benzene rings is 1. The number of fused-ring (bicyclic) bond motifs is 1. The SMILES string of the molecule is NC(=O)c1cc(F)c(N[C@@H]2CCCC[C@@H]2N)nc1Nc1ccc2cn(CCN3CCCC3)nc2c1. The number of nitrogens with one attached hydrogen (secondary N) is 2. The standard InChI is InChI=1S/C25H33FN8O/c26-19-14-18(23(28)35)24(31-25(19)30-21-6-2-1-5-20(21)27)29-17-8-7-16-15-34(32-22(16)13-17)12-11-33-9-3-4-10-33/h7-8,13-15,20-21H,1-6,9-12,27H2,(H2,28,35)(H2,29,30,31)/t20-,21+/m0/s1. The van der Waals surface area contributed by atoms with Crippen LogP contribution in [0, 0.1) is 5.82 Å². The minimum atomic E-state index is -0.757. The fourth-order valence-corrected chi connectivity index (χ4v) is 5.03. The highest BCUT2D eigenvalue weighted by Gasteiger charge is 2.24. The van der Waals surface area contributed by atoms with Crippen molar-refractivity contribution in [1.82, 2.24) is 19.7 Å². The molecule has 0 radical (unpaired) electrons. The van der Waals surface area contributed by atoms with Crippen LogP contribution < -0.4 is 22.1 Å². The Labute approximate surface area is 204 Å². The molecular weight excluding hydrogens is 447 g/mol. The van der Waals surface area contributed by atoms with Crippen molar-refractivity contribution in [2.75, 3.05) is 30.3 Å². The molecule has 1 aliphatic heterocycles. The van der Waals surface area contributed by atoms with E-state index >= 15 is 0 Å². The summed E-state index contributed by atoms with van der Waals surface area (Å²) >= 11 is 0. The molecular formula is C25H33FN8O. The summed E-state index contributed by atoms with van der Waals surface area (Å²) < 4.78 is 16.8. The van der Waals surface area contributed by atoms with Crippen LogP contribution in [0.5, 0.6) is 0 Å². The van der Waals surface area contributed by atoms with E-state index < -0.39 is 11.7 Å². The minimum absolute atomic E-state index is 0.0165. The molecule has 3 aromatic rings. The van der Waals surface area contributed by atoms with E-state index in [-0.39, 0.29) is 29.3 Å². The van der Waals surface area contributed by atoms with Gasteiger partial charge in [-0.05, 0) is 63.0 Å². The molecule has 2 aliphatic rings. The third-order valence-corrected chi connectivity index (χ3v) is 7.04. The number of nitrogens with two attached hydrogens (primary N) is 2. The van der Waals surface area contributed by atoms with Crippen molar-refractivity contribution in [3.63, 3.8) is 0 Å². The molecule has 9 nitrogen and oxygen atoms in total. The monoisotopic (exact) mass is 480 g/mol. The molecule has 2 fully saturated rings. The van der Waals surface area contributed by atoms with Crippen LogP contribution in [0.1, 0.15) is 48.9 Å². The lowest BCUT2D eigenvalue weighted by Gasteiger charge is -2.30. The van der Waals surface area contributed by atoms with Gasteiger partial charge >= 0.3 is 0 Å². The molecule has 35 heavy (non-hydrogen) atoms. The smallest absolute Gasteiger partial charge is 0.252 e. The Balaban J connectivity index is 1.36. The number of carbonyl (C=O) groups excluding carboxylic acids is 1. The molecule has 3 heterocycles. The van der Waals surface area contributed by atoms with E-state index in [1.165, 1.54) is 12.8 Å². The van der Waals surface area contributed by atoms with Crippen LogP contribution in [-0.2, 0) is 6.54 Å². The number of halogens is 1. The lowest BCUT2D eigenvalue weighted by molar-refractivity contribution is 0.100. The molecule has 1 saturated heterocycles. The van der Waals surface area contributed by atoms with Crippen molar-refractivity contribution in [3.8, 4) is 0 Å². The molecule has 1 amide bonds. The molecule has 1 saturated carbocycles. The molecule has 2 atom stereocenters. The Bertz CT molecular complexity index is 1210. The van der Waals surface area contributed by atoms with E-state index in [1.54, 1.807) is 0 Å².